The highest BCUT2D eigenvalue weighted by Gasteiger charge is 2.21. The molecule has 0 atom stereocenters. The number of hydrogen-bond acceptors (Lipinski definition) is 4. The molecule has 1 heterocycles. The zero-order valence-corrected chi connectivity index (χ0v) is 13.2. The van der Waals surface area contributed by atoms with Crippen molar-refractivity contribution in [1.29, 1.82) is 0 Å². The molecule has 0 aliphatic heterocycles. The molecule has 0 unspecified atom stereocenters. The van der Waals surface area contributed by atoms with Gasteiger partial charge in [0, 0.05) is 6.07 Å². The van der Waals surface area contributed by atoms with Crippen LogP contribution in [-0.2, 0) is 16.6 Å². The van der Waals surface area contributed by atoms with Gasteiger partial charge in [-0.1, -0.05) is 0 Å². The Morgan fingerprint density at radius 2 is 1.95 bits per heavy atom. The summed E-state index contributed by atoms with van der Waals surface area (Å²) >= 11 is 2.81. The maximum Gasteiger partial charge on any atom is 0.295 e. The minimum atomic E-state index is -4.13. The average Bonchev–Trinajstić information content (AvgIpc) is 2.86. The summed E-state index contributed by atoms with van der Waals surface area (Å²) in [6.07, 6.45) is 0. The Hall–Kier alpha value is -1.45. The van der Waals surface area contributed by atoms with Crippen molar-refractivity contribution in [3.8, 4) is 0 Å². The molecule has 0 saturated heterocycles. The summed E-state index contributed by atoms with van der Waals surface area (Å²) in [7, 11) is -2.45. The van der Waals surface area contributed by atoms with Crippen LogP contribution < -0.4 is 10.0 Å². The molecule has 2 aromatic rings. The van der Waals surface area contributed by atoms with Crippen LogP contribution in [0.4, 0.5) is 14.5 Å². The second-order valence-electron chi connectivity index (χ2n) is 4.10. The normalized spacial score (nSPS) is 11.6. The third kappa shape index (κ3) is 3.60. The summed E-state index contributed by atoms with van der Waals surface area (Å²) in [4.78, 5) is 0. The molecule has 5 nitrogen and oxygen atoms in total. The number of nitrogens with one attached hydrogen (secondary N) is 2. The predicted molar refractivity (Wildman–Crippen MR) is 76.3 cm³/mol. The molecule has 2 N–H and O–H groups in total. The molecule has 0 aliphatic rings. The molecule has 9 heteroatoms. The molecule has 0 amide bonds. The number of halogens is 3. The van der Waals surface area contributed by atoms with E-state index in [1.54, 1.807) is 7.05 Å². The van der Waals surface area contributed by atoms with Crippen LogP contribution in [-0.4, -0.2) is 15.5 Å². The number of hydrogen-bond donors (Lipinski definition) is 2. The topological polar surface area (TPSA) is 71.3 Å². The Bertz CT molecular complexity index is 762. The Kier molecular flexibility index (Phi) is 4.64. The number of sulfonamides is 1. The van der Waals surface area contributed by atoms with Crippen LogP contribution in [0.15, 0.2) is 38.2 Å². The molecular weight excluding hydrogens is 370 g/mol. The van der Waals surface area contributed by atoms with Gasteiger partial charge >= 0.3 is 0 Å². The van der Waals surface area contributed by atoms with Gasteiger partial charge in [-0.2, -0.15) is 8.42 Å². The lowest BCUT2D eigenvalue weighted by atomic mass is 10.3. The quantitative estimate of drug-likeness (QED) is 0.782. The number of rotatable bonds is 5. The van der Waals surface area contributed by atoms with Crippen LogP contribution in [0.1, 0.15) is 5.76 Å². The molecule has 114 valence electrons. The first-order valence-corrected chi connectivity index (χ1v) is 8.02. The van der Waals surface area contributed by atoms with E-state index in [1.807, 2.05) is 4.72 Å². The molecular formula is C12H11BrF2N2O3S. The minimum Gasteiger partial charge on any atom is -0.446 e. The van der Waals surface area contributed by atoms with Gasteiger partial charge in [0.05, 0.1) is 16.7 Å². The largest absolute Gasteiger partial charge is 0.446 e. The van der Waals surface area contributed by atoms with Gasteiger partial charge in [-0.25, -0.2) is 8.78 Å². The van der Waals surface area contributed by atoms with Crippen molar-refractivity contribution in [1.82, 2.24) is 5.32 Å². The Balaban J connectivity index is 2.30. The highest BCUT2D eigenvalue weighted by Crippen LogP contribution is 2.26. The molecule has 0 radical (unpaired) electrons. The standard InChI is InChI=1S/C12H11BrF2N2O3S/c1-16-6-7-2-3-12(20-7)21(18,19)17-11-5-9(14)8(13)4-10(11)15/h2-5,16-17H,6H2,1H3. The maximum absolute atomic E-state index is 13.6. The molecule has 0 saturated carbocycles. The molecule has 1 aromatic heterocycles. The van der Waals surface area contributed by atoms with Gasteiger partial charge in [-0.15, -0.1) is 0 Å². The van der Waals surface area contributed by atoms with E-state index in [9.17, 15) is 17.2 Å². The van der Waals surface area contributed by atoms with E-state index in [0.717, 1.165) is 12.1 Å². The van der Waals surface area contributed by atoms with E-state index in [4.69, 9.17) is 4.42 Å². The third-order valence-electron chi connectivity index (χ3n) is 2.51. The van der Waals surface area contributed by atoms with Gasteiger partial charge in [0.1, 0.15) is 17.4 Å². The summed E-state index contributed by atoms with van der Waals surface area (Å²) < 4.78 is 58.0. The first-order valence-electron chi connectivity index (χ1n) is 5.74. The summed E-state index contributed by atoms with van der Waals surface area (Å²) in [5, 5.41) is 2.42. The van der Waals surface area contributed by atoms with E-state index in [0.29, 0.717) is 12.3 Å². The van der Waals surface area contributed by atoms with Gasteiger partial charge in [-0.05, 0) is 41.2 Å². The van der Waals surface area contributed by atoms with Crippen molar-refractivity contribution in [2.24, 2.45) is 0 Å². The van der Waals surface area contributed by atoms with Gasteiger partial charge in [0.25, 0.3) is 10.0 Å². The van der Waals surface area contributed by atoms with Crippen molar-refractivity contribution in [3.05, 3.63) is 46.1 Å². The Morgan fingerprint density at radius 3 is 2.62 bits per heavy atom. The van der Waals surface area contributed by atoms with E-state index < -0.39 is 27.3 Å². The smallest absolute Gasteiger partial charge is 0.295 e. The van der Waals surface area contributed by atoms with Crippen LogP contribution in [0.3, 0.4) is 0 Å². The average molecular weight is 381 g/mol. The van der Waals surface area contributed by atoms with E-state index in [1.165, 1.54) is 12.1 Å². The molecule has 1 aromatic carbocycles. The molecule has 0 spiro atoms. The second-order valence-corrected chi connectivity index (χ2v) is 6.57. The van der Waals surface area contributed by atoms with Crippen molar-refractivity contribution >= 4 is 31.6 Å². The van der Waals surface area contributed by atoms with Crippen LogP contribution in [0.2, 0.25) is 0 Å². The lowest BCUT2D eigenvalue weighted by molar-refractivity contribution is 0.408. The summed E-state index contributed by atoms with van der Waals surface area (Å²) in [5.41, 5.74) is -0.498. The molecule has 2 rings (SSSR count). The number of furan rings is 1. The van der Waals surface area contributed by atoms with E-state index >= 15 is 0 Å². The lowest BCUT2D eigenvalue weighted by Gasteiger charge is -2.08. The van der Waals surface area contributed by atoms with Crippen molar-refractivity contribution in [2.45, 2.75) is 11.6 Å². The zero-order chi connectivity index (χ0) is 15.6. The summed E-state index contributed by atoms with van der Waals surface area (Å²) in [6, 6.07) is 4.29. The number of benzene rings is 1. The fourth-order valence-electron chi connectivity index (χ4n) is 1.57. The maximum atomic E-state index is 13.6. The van der Waals surface area contributed by atoms with Crippen LogP contribution >= 0.6 is 15.9 Å². The van der Waals surface area contributed by atoms with Crippen molar-refractivity contribution < 1.29 is 21.6 Å². The van der Waals surface area contributed by atoms with E-state index in [2.05, 4.69) is 21.2 Å². The number of anilines is 1. The first kappa shape index (κ1) is 15.9. The molecule has 0 fully saturated rings. The minimum absolute atomic E-state index is 0.0998. The van der Waals surface area contributed by atoms with Gasteiger partial charge < -0.3 is 9.73 Å². The fraction of sp³-hybridized carbons (Fsp3) is 0.167. The van der Waals surface area contributed by atoms with Gasteiger partial charge in [0.15, 0.2) is 0 Å². The highest BCUT2D eigenvalue weighted by atomic mass is 79.9. The molecule has 0 aliphatic carbocycles. The Morgan fingerprint density at radius 1 is 1.24 bits per heavy atom. The lowest BCUT2D eigenvalue weighted by Crippen LogP contribution is -2.13. The van der Waals surface area contributed by atoms with Crippen molar-refractivity contribution in [3.63, 3.8) is 0 Å². The Labute approximate surface area is 128 Å². The van der Waals surface area contributed by atoms with Gasteiger partial charge in [0.2, 0.25) is 5.09 Å². The SMILES string of the molecule is CNCc1ccc(S(=O)(=O)Nc2cc(F)c(Br)cc2F)o1. The fourth-order valence-corrected chi connectivity index (χ4v) is 2.89. The van der Waals surface area contributed by atoms with E-state index in [-0.39, 0.29) is 9.56 Å². The van der Waals surface area contributed by atoms with Crippen molar-refractivity contribution in [2.75, 3.05) is 11.8 Å². The van der Waals surface area contributed by atoms with Crippen LogP contribution in [0, 0.1) is 11.6 Å². The second kappa shape index (κ2) is 6.12. The predicted octanol–water partition coefficient (Wildman–Crippen LogP) is 2.84. The summed E-state index contributed by atoms with van der Waals surface area (Å²) in [5.74, 6) is -1.29. The van der Waals surface area contributed by atoms with Gasteiger partial charge in [-0.3, -0.25) is 4.72 Å². The third-order valence-corrected chi connectivity index (χ3v) is 4.35. The van der Waals surface area contributed by atoms with Crippen LogP contribution in [0.25, 0.3) is 0 Å². The highest BCUT2D eigenvalue weighted by molar-refractivity contribution is 9.10. The summed E-state index contributed by atoms with van der Waals surface area (Å²) in [6.45, 7) is 0.344. The first-order chi connectivity index (χ1) is 9.83. The zero-order valence-electron chi connectivity index (χ0n) is 10.8. The monoisotopic (exact) mass is 380 g/mol. The van der Waals surface area contributed by atoms with Crippen LogP contribution in [0.5, 0.6) is 0 Å². The molecule has 21 heavy (non-hydrogen) atoms. The molecule has 0 bridgehead atoms.